The summed E-state index contributed by atoms with van der Waals surface area (Å²) in [5.74, 6) is 0.251. The van der Waals surface area contributed by atoms with Crippen molar-refractivity contribution in [1.29, 1.82) is 0 Å². The highest BCUT2D eigenvalue weighted by Crippen LogP contribution is 2.27. The van der Waals surface area contributed by atoms with E-state index in [4.69, 9.17) is 0 Å². The Labute approximate surface area is 118 Å². The van der Waals surface area contributed by atoms with Gasteiger partial charge in [0.25, 0.3) is 5.91 Å². The number of carbonyl (C=O) groups is 1. The van der Waals surface area contributed by atoms with Crippen LogP contribution in [-0.4, -0.2) is 17.1 Å². The molecule has 2 aromatic rings. The Morgan fingerprint density at radius 1 is 1.15 bits per heavy atom. The summed E-state index contributed by atoms with van der Waals surface area (Å²) < 4.78 is 0. The molecule has 0 radical (unpaired) electrons. The number of nitrogens with one attached hydrogen (secondary N) is 1. The smallest absolute Gasteiger partial charge is 0.251 e. The lowest BCUT2D eigenvalue weighted by atomic mass is 10.0. The van der Waals surface area contributed by atoms with Gasteiger partial charge in [0.05, 0.1) is 0 Å². The van der Waals surface area contributed by atoms with E-state index in [1.54, 1.807) is 6.07 Å². The number of benzene rings is 2. The molecule has 2 aromatic carbocycles. The van der Waals surface area contributed by atoms with Crippen LogP contribution in [0, 0.1) is 6.92 Å². The van der Waals surface area contributed by atoms with Crippen molar-refractivity contribution in [2.24, 2.45) is 0 Å². The van der Waals surface area contributed by atoms with E-state index < -0.39 is 0 Å². The largest absolute Gasteiger partial charge is 0.508 e. The molecule has 1 fully saturated rings. The Hall–Kier alpha value is -2.29. The lowest BCUT2D eigenvalue weighted by molar-refractivity contribution is 0.0951. The average Bonchev–Trinajstić information content (AvgIpc) is 3.26. The van der Waals surface area contributed by atoms with Gasteiger partial charge in [0.15, 0.2) is 0 Å². The first-order chi connectivity index (χ1) is 9.63. The minimum absolute atomic E-state index is 0.0225. The number of carbonyl (C=O) groups excluding carboxylic acids is 1. The first kappa shape index (κ1) is 12.7. The van der Waals surface area contributed by atoms with Gasteiger partial charge in [-0.05, 0) is 54.7 Å². The highest BCUT2D eigenvalue weighted by atomic mass is 16.3. The molecule has 0 atom stereocenters. The molecular weight excluding hydrogens is 250 g/mol. The fourth-order valence-corrected chi connectivity index (χ4v) is 2.13. The Morgan fingerprint density at radius 2 is 1.90 bits per heavy atom. The van der Waals surface area contributed by atoms with E-state index >= 15 is 0 Å². The van der Waals surface area contributed by atoms with Crippen molar-refractivity contribution < 1.29 is 9.90 Å². The zero-order valence-electron chi connectivity index (χ0n) is 11.4. The number of aromatic hydroxyl groups is 1. The van der Waals surface area contributed by atoms with Crippen molar-refractivity contribution in [1.82, 2.24) is 5.32 Å². The van der Waals surface area contributed by atoms with E-state index in [9.17, 15) is 9.90 Å². The highest BCUT2D eigenvalue weighted by Gasteiger charge is 2.23. The van der Waals surface area contributed by atoms with E-state index in [1.807, 2.05) is 43.3 Å². The number of phenolic OH excluding ortho intramolecular Hbond substituents is 1. The van der Waals surface area contributed by atoms with Crippen LogP contribution in [0.25, 0.3) is 11.1 Å². The molecule has 0 aromatic heterocycles. The quantitative estimate of drug-likeness (QED) is 0.896. The molecule has 3 rings (SSSR count). The lowest BCUT2D eigenvalue weighted by Gasteiger charge is -2.07. The van der Waals surface area contributed by atoms with Crippen LogP contribution < -0.4 is 5.32 Å². The van der Waals surface area contributed by atoms with E-state index in [-0.39, 0.29) is 11.7 Å². The zero-order chi connectivity index (χ0) is 14.1. The second-order valence-electron chi connectivity index (χ2n) is 5.33. The maximum atomic E-state index is 12.0. The molecule has 1 aliphatic rings. The van der Waals surface area contributed by atoms with E-state index in [2.05, 4.69) is 5.32 Å². The molecule has 0 aliphatic heterocycles. The number of rotatable bonds is 3. The number of hydrogen-bond donors (Lipinski definition) is 2. The molecule has 1 saturated carbocycles. The summed E-state index contributed by atoms with van der Waals surface area (Å²) in [6.07, 6.45) is 2.16. The van der Waals surface area contributed by atoms with E-state index in [1.165, 1.54) is 0 Å². The molecule has 2 N–H and O–H groups in total. The van der Waals surface area contributed by atoms with Crippen molar-refractivity contribution in [2.75, 3.05) is 0 Å². The van der Waals surface area contributed by atoms with Gasteiger partial charge in [-0.2, -0.15) is 0 Å². The summed E-state index contributed by atoms with van der Waals surface area (Å²) in [6.45, 7) is 1.86. The summed E-state index contributed by atoms with van der Waals surface area (Å²) in [6, 6.07) is 13.4. The van der Waals surface area contributed by atoms with Crippen LogP contribution in [0.4, 0.5) is 0 Å². The van der Waals surface area contributed by atoms with Crippen LogP contribution >= 0.6 is 0 Å². The first-order valence-corrected chi connectivity index (χ1v) is 6.84. The van der Waals surface area contributed by atoms with Crippen molar-refractivity contribution in [3.63, 3.8) is 0 Å². The van der Waals surface area contributed by atoms with Crippen LogP contribution in [-0.2, 0) is 0 Å². The Morgan fingerprint density at radius 3 is 2.60 bits per heavy atom. The molecule has 0 heterocycles. The van der Waals surface area contributed by atoms with Crippen LogP contribution in [0.1, 0.15) is 28.8 Å². The minimum atomic E-state index is -0.0225. The van der Waals surface area contributed by atoms with Crippen LogP contribution in [0.5, 0.6) is 5.75 Å². The van der Waals surface area contributed by atoms with Gasteiger partial charge >= 0.3 is 0 Å². The van der Waals surface area contributed by atoms with E-state index in [0.29, 0.717) is 11.6 Å². The third-order valence-electron chi connectivity index (χ3n) is 3.58. The first-order valence-electron chi connectivity index (χ1n) is 6.84. The number of hydrogen-bond acceptors (Lipinski definition) is 2. The normalized spacial score (nSPS) is 14.1. The summed E-state index contributed by atoms with van der Waals surface area (Å²) in [7, 11) is 0. The molecule has 0 spiro atoms. The Balaban J connectivity index is 1.89. The van der Waals surface area contributed by atoms with Gasteiger partial charge in [-0.15, -0.1) is 0 Å². The minimum Gasteiger partial charge on any atom is -0.508 e. The van der Waals surface area contributed by atoms with Gasteiger partial charge in [-0.3, -0.25) is 4.79 Å². The predicted molar refractivity (Wildman–Crippen MR) is 78.8 cm³/mol. The highest BCUT2D eigenvalue weighted by molar-refractivity contribution is 5.95. The van der Waals surface area contributed by atoms with Crippen molar-refractivity contribution >= 4 is 5.91 Å². The molecule has 102 valence electrons. The molecule has 3 heteroatoms. The van der Waals surface area contributed by atoms with Gasteiger partial charge in [-0.25, -0.2) is 0 Å². The van der Waals surface area contributed by atoms with Gasteiger partial charge < -0.3 is 10.4 Å². The number of amides is 1. The maximum Gasteiger partial charge on any atom is 0.251 e. The third kappa shape index (κ3) is 2.67. The molecule has 1 amide bonds. The second kappa shape index (κ2) is 5.00. The second-order valence-corrected chi connectivity index (χ2v) is 5.33. The third-order valence-corrected chi connectivity index (χ3v) is 3.58. The maximum absolute atomic E-state index is 12.0. The SMILES string of the molecule is Cc1ccc(-c2cccc(C(=O)NC3CC3)c2)cc1O. The fraction of sp³-hybridized carbons (Fsp3) is 0.235. The monoisotopic (exact) mass is 267 g/mol. The average molecular weight is 267 g/mol. The fourth-order valence-electron chi connectivity index (χ4n) is 2.13. The molecule has 0 saturated heterocycles. The van der Waals surface area contributed by atoms with E-state index in [0.717, 1.165) is 29.5 Å². The predicted octanol–water partition coefficient (Wildman–Crippen LogP) is 3.26. The molecule has 3 nitrogen and oxygen atoms in total. The molecule has 20 heavy (non-hydrogen) atoms. The molecule has 1 aliphatic carbocycles. The van der Waals surface area contributed by atoms with Crippen molar-refractivity contribution in [3.8, 4) is 16.9 Å². The summed E-state index contributed by atoms with van der Waals surface area (Å²) in [5, 5.41) is 12.8. The van der Waals surface area contributed by atoms with Crippen LogP contribution in [0.2, 0.25) is 0 Å². The summed E-state index contributed by atoms with van der Waals surface area (Å²) in [5.41, 5.74) is 3.35. The molecular formula is C17H17NO2. The van der Waals surface area contributed by atoms with Crippen molar-refractivity contribution in [3.05, 3.63) is 53.6 Å². The van der Waals surface area contributed by atoms with Crippen molar-refractivity contribution in [2.45, 2.75) is 25.8 Å². The zero-order valence-corrected chi connectivity index (χ0v) is 11.4. The molecule has 0 unspecified atom stereocenters. The van der Waals surface area contributed by atoms with Crippen LogP contribution in [0.15, 0.2) is 42.5 Å². The van der Waals surface area contributed by atoms with Gasteiger partial charge in [-0.1, -0.05) is 24.3 Å². The lowest BCUT2D eigenvalue weighted by Crippen LogP contribution is -2.25. The van der Waals surface area contributed by atoms with Gasteiger partial charge in [0.1, 0.15) is 5.75 Å². The van der Waals surface area contributed by atoms with Crippen LogP contribution in [0.3, 0.4) is 0 Å². The summed E-state index contributed by atoms with van der Waals surface area (Å²) in [4.78, 5) is 12.0. The topological polar surface area (TPSA) is 49.3 Å². The molecule has 0 bridgehead atoms. The number of aryl methyl sites for hydroxylation is 1. The van der Waals surface area contributed by atoms with Gasteiger partial charge in [0, 0.05) is 11.6 Å². The standard InChI is InChI=1S/C17H17NO2/c1-11-5-6-13(10-16(11)19)12-3-2-4-14(9-12)17(20)18-15-7-8-15/h2-6,9-10,15,19H,7-8H2,1H3,(H,18,20). The van der Waals surface area contributed by atoms with Gasteiger partial charge in [0.2, 0.25) is 0 Å². The Kier molecular flexibility index (Phi) is 3.18. The number of phenols is 1. The Bertz CT molecular complexity index is 660. The summed E-state index contributed by atoms with van der Waals surface area (Å²) >= 11 is 0.